The number of thioether (sulfide) groups is 1. The molecule has 9 nitrogen and oxygen atoms in total. The second-order valence-corrected chi connectivity index (χ2v) is 7.35. The van der Waals surface area contributed by atoms with Crippen LogP contribution in [-0.2, 0) is 9.59 Å². The van der Waals surface area contributed by atoms with Gasteiger partial charge in [0, 0.05) is 17.7 Å². The minimum Gasteiger partial charge on any atom is -0.320 e. The molecule has 1 unspecified atom stereocenters. The summed E-state index contributed by atoms with van der Waals surface area (Å²) in [5.41, 5.74) is 1.83. The number of hydrogen-bond donors (Lipinski definition) is 1. The number of rotatable bonds is 3. The molecule has 2 aromatic carbocycles. The second kappa shape index (κ2) is 6.89. The van der Waals surface area contributed by atoms with E-state index >= 15 is 0 Å². The molecule has 2 heterocycles. The summed E-state index contributed by atoms with van der Waals surface area (Å²) in [6, 6.07) is 12.7. The van der Waals surface area contributed by atoms with Crippen LogP contribution < -0.4 is 10.2 Å². The molecule has 1 saturated heterocycles. The number of nitro benzene ring substituents is 1. The molecule has 2 aromatic rings. The summed E-state index contributed by atoms with van der Waals surface area (Å²) in [7, 11) is 0. The summed E-state index contributed by atoms with van der Waals surface area (Å²) in [4.78, 5) is 36.4. The Morgan fingerprint density at radius 2 is 1.82 bits per heavy atom. The molecule has 0 aromatic heterocycles. The first-order valence-corrected chi connectivity index (χ1v) is 9.15. The van der Waals surface area contributed by atoms with E-state index in [0.717, 1.165) is 0 Å². The first kappa shape index (κ1) is 17.9. The highest BCUT2D eigenvalue weighted by Crippen LogP contribution is 2.33. The maximum absolute atomic E-state index is 12.6. The van der Waals surface area contributed by atoms with Crippen LogP contribution in [-0.4, -0.2) is 32.9 Å². The lowest BCUT2D eigenvalue weighted by Crippen LogP contribution is -2.31. The number of nitrogens with zero attached hydrogens (tertiary/aromatic N) is 4. The number of benzene rings is 2. The summed E-state index contributed by atoms with van der Waals surface area (Å²) < 4.78 is 0. The summed E-state index contributed by atoms with van der Waals surface area (Å²) >= 11 is 1.21. The highest BCUT2D eigenvalue weighted by Gasteiger charge is 2.37. The van der Waals surface area contributed by atoms with Crippen molar-refractivity contribution in [1.82, 2.24) is 0 Å². The predicted octanol–water partition coefficient (Wildman–Crippen LogP) is 2.78. The van der Waals surface area contributed by atoms with E-state index in [9.17, 15) is 19.7 Å². The van der Waals surface area contributed by atoms with Crippen molar-refractivity contribution in [2.24, 2.45) is 10.2 Å². The van der Waals surface area contributed by atoms with Crippen LogP contribution in [0.2, 0.25) is 0 Å². The zero-order valence-electron chi connectivity index (χ0n) is 14.5. The van der Waals surface area contributed by atoms with E-state index < -0.39 is 4.92 Å². The lowest BCUT2D eigenvalue weighted by atomic mass is 10.1. The number of carbonyl (C=O) groups excluding carboxylic acids is 2. The van der Waals surface area contributed by atoms with E-state index in [1.807, 2.05) is 0 Å². The number of amides is 2. The van der Waals surface area contributed by atoms with E-state index in [2.05, 4.69) is 15.5 Å². The lowest BCUT2D eigenvalue weighted by Gasteiger charge is -2.15. The van der Waals surface area contributed by atoms with E-state index in [0.29, 0.717) is 22.1 Å². The van der Waals surface area contributed by atoms with Crippen molar-refractivity contribution in [3.05, 3.63) is 64.2 Å². The molecule has 2 aliphatic heterocycles. The number of nitro groups is 1. The Kier molecular flexibility index (Phi) is 4.40. The molecule has 0 saturated carbocycles. The molecule has 28 heavy (non-hydrogen) atoms. The first-order valence-electron chi connectivity index (χ1n) is 8.27. The van der Waals surface area contributed by atoms with Gasteiger partial charge in [-0.3, -0.25) is 24.6 Å². The lowest BCUT2D eigenvalue weighted by molar-refractivity contribution is -0.384. The fraction of sp³-hybridized carbons (Fsp3) is 0.111. The second-order valence-electron chi connectivity index (χ2n) is 6.04. The molecule has 1 N–H and O–H groups in total. The number of amidine groups is 1. The van der Waals surface area contributed by atoms with Crippen molar-refractivity contribution in [2.75, 3.05) is 10.2 Å². The molecule has 1 atom stereocenters. The SMILES string of the molecule is CC1S/C(=N\N=C2\C(=O)Nc3ccccc32)N(c2ccc([N+](=O)[O-])cc2)C1=O. The Hall–Kier alpha value is -3.53. The largest absolute Gasteiger partial charge is 0.320 e. The third kappa shape index (κ3) is 3.03. The predicted molar refractivity (Wildman–Crippen MR) is 107 cm³/mol. The van der Waals surface area contributed by atoms with Crippen molar-refractivity contribution in [3.8, 4) is 0 Å². The number of carbonyl (C=O) groups is 2. The summed E-state index contributed by atoms with van der Waals surface area (Å²) in [6.45, 7) is 1.73. The van der Waals surface area contributed by atoms with Gasteiger partial charge >= 0.3 is 0 Å². The standard InChI is InChI=1S/C18H13N5O4S/c1-10-17(25)22(11-6-8-12(9-7-11)23(26)27)18(28-10)21-20-15-13-4-2-3-5-14(13)19-16(15)24/h2-10H,1H3,(H,19,20,24)/b21-18-. The number of para-hydroxylation sites is 1. The average Bonchev–Trinajstić information content (AvgIpc) is 3.15. The fourth-order valence-corrected chi connectivity index (χ4v) is 3.77. The molecular formula is C18H13N5O4S. The molecule has 2 aliphatic rings. The Bertz CT molecular complexity index is 1060. The van der Waals surface area contributed by atoms with Crippen LogP contribution in [0.15, 0.2) is 58.7 Å². The zero-order valence-corrected chi connectivity index (χ0v) is 15.3. The summed E-state index contributed by atoms with van der Waals surface area (Å²) in [5.74, 6) is -0.580. The Morgan fingerprint density at radius 1 is 1.11 bits per heavy atom. The Labute approximate surface area is 163 Å². The van der Waals surface area contributed by atoms with Gasteiger partial charge in [0.2, 0.25) is 5.91 Å². The third-order valence-electron chi connectivity index (χ3n) is 4.24. The quantitative estimate of drug-likeness (QED) is 0.633. The molecule has 0 spiro atoms. The molecule has 2 amide bonds. The highest BCUT2D eigenvalue weighted by atomic mass is 32.2. The molecule has 140 valence electrons. The molecule has 10 heteroatoms. The maximum atomic E-state index is 12.6. The number of non-ortho nitro benzene ring substituents is 1. The van der Waals surface area contributed by atoms with Crippen LogP contribution in [0.5, 0.6) is 0 Å². The first-order chi connectivity index (χ1) is 13.5. The number of hydrogen-bond acceptors (Lipinski definition) is 7. The van der Waals surface area contributed by atoms with Gasteiger partial charge in [0.25, 0.3) is 11.6 Å². The molecule has 4 rings (SSSR count). The van der Waals surface area contributed by atoms with Gasteiger partial charge < -0.3 is 5.32 Å². The highest BCUT2D eigenvalue weighted by molar-refractivity contribution is 8.16. The summed E-state index contributed by atoms with van der Waals surface area (Å²) in [6.07, 6.45) is 0. The van der Waals surface area contributed by atoms with Gasteiger partial charge in [0.1, 0.15) is 0 Å². The van der Waals surface area contributed by atoms with Gasteiger partial charge in [-0.2, -0.15) is 0 Å². The Morgan fingerprint density at radius 3 is 2.54 bits per heavy atom. The average molecular weight is 395 g/mol. The van der Waals surface area contributed by atoms with Crippen molar-refractivity contribution in [3.63, 3.8) is 0 Å². The van der Waals surface area contributed by atoms with Crippen LogP contribution >= 0.6 is 11.8 Å². The van der Waals surface area contributed by atoms with Crippen molar-refractivity contribution >= 4 is 51.5 Å². The molecule has 0 radical (unpaired) electrons. The zero-order chi connectivity index (χ0) is 19.8. The number of fused-ring (bicyclic) bond motifs is 1. The molecule has 1 fully saturated rings. The number of anilines is 2. The Balaban J connectivity index is 1.70. The minimum absolute atomic E-state index is 0.0749. The number of nitrogens with one attached hydrogen (secondary N) is 1. The van der Waals surface area contributed by atoms with E-state index in [4.69, 9.17) is 0 Å². The van der Waals surface area contributed by atoms with Crippen LogP contribution in [0.3, 0.4) is 0 Å². The smallest absolute Gasteiger partial charge is 0.276 e. The van der Waals surface area contributed by atoms with Gasteiger partial charge in [-0.05, 0) is 25.1 Å². The van der Waals surface area contributed by atoms with Crippen molar-refractivity contribution < 1.29 is 14.5 Å². The van der Waals surface area contributed by atoms with Crippen LogP contribution in [0.25, 0.3) is 0 Å². The van der Waals surface area contributed by atoms with Gasteiger partial charge in [-0.25, -0.2) is 0 Å². The fourth-order valence-electron chi connectivity index (χ4n) is 2.86. The van der Waals surface area contributed by atoms with E-state index in [1.54, 1.807) is 31.2 Å². The maximum Gasteiger partial charge on any atom is 0.276 e. The third-order valence-corrected chi connectivity index (χ3v) is 5.27. The minimum atomic E-state index is -0.510. The van der Waals surface area contributed by atoms with E-state index in [-0.39, 0.29) is 28.5 Å². The normalized spacial score (nSPS) is 21.3. The topological polar surface area (TPSA) is 117 Å². The van der Waals surface area contributed by atoms with Gasteiger partial charge in [-0.15, -0.1) is 10.2 Å². The van der Waals surface area contributed by atoms with Crippen LogP contribution in [0.1, 0.15) is 12.5 Å². The molecular weight excluding hydrogens is 382 g/mol. The van der Waals surface area contributed by atoms with Crippen molar-refractivity contribution in [1.29, 1.82) is 0 Å². The van der Waals surface area contributed by atoms with Gasteiger partial charge in [-0.1, -0.05) is 30.0 Å². The van der Waals surface area contributed by atoms with Crippen molar-refractivity contribution in [2.45, 2.75) is 12.2 Å². The van der Waals surface area contributed by atoms with E-state index in [1.165, 1.54) is 40.9 Å². The summed E-state index contributed by atoms with van der Waals surface area (Å²) in [5, 5.41) is 21.7. The van der Waals surface area contributed by atoms with Gasteiger partial charge in [0.15, 0.2) is 10.9 Å². The molecule has 0 bridgehead atoms. The molecule has 0 aliphatic carbocycles. The van der Waals surface area contributed by atoms with Crippen LogP contribution in [0, 0.1) is 10.1 Å². The van der Waals surface area contributed by atoms with Gasteiger partial charge in [0.05, 0.1) is 21.5 Å². The van der Waals surface area contributed by atoms with Crippen LogP contribution in [0.4, 0.5) is 17.1 Å². The monoisotopic (exact) mass is 395 g/mol.